The standard InChI is InChI=1S/C13H12ClF3N2O2/c1-19-7-10(14)12(18-19,11(20)21-2)8-4-3-5-9(6-8)13(15,16)17/h3-7,18H,1-2H3. The van der Waals surface area contributed by atoms with Crippen LogP contribution in [0.4, 0.5) is 13.2 Å². The van der Waals surface area contributed by atoms with Crippen LogP contribution in [0.2, 0.25) is 0 Å². The van der Waals surface area contributed by atoms with Gasteiger partial charge in [-0.25, -0.2) is 10.2 Å². The molecular weight excluding hydrogens is 309 g/mol. The van der Waals surface area contributed by atoms with E-state index in [1.54, 1.807) is 7.05 Å². The van der Waals surface area contributed by atoms with Crippen molar-refractivity contribution in [3.05, 3.63) is 46.6 Å². The van der Waals surface area contributed by atoms with Gasteiger partial charge in [0.2, 0.25) is 0 Å². The molecular formula is C13H12ClF3N2O2. The van der Waals surface area contributed by atoms with Crippen LogP contribution < -0.4 is 5.43 Å². The molecule has 0 saturated heterocycles. The second-order valence-electron chi connectivity index (χ2n) is 4.52. The van der Waals surface area contributed by atoms with Crippen molar-refractivity contribution < 1.29 is 22.7 Å². The van der Waals surface area contributed by atoms with Gasteiger partial charge in [-0.3, -0.25) is 0 Å². The third-order valence-electron chi connectivity index (χ3n) is 3.12. The Labute approximate surface area is 124 Å². The molecule has 1 heterocycles. The molecule has 0 aliphatic carbocycles. The number of benzene rings is 1. The quantitative estimate of drug-likeness (QED) is 0.851. The second kappa shape index (κ2) is 5.23. The molecule has 114 valence electrons. The highest BCUT2D eigenvalue weighted by atomic mass is 35.5. The number of rotatable bonds is 2. The zero-order valence-corrected chi connectivity index (χ0v) is 11.9. The maximum Gasteiger partial charge on any atom is 0.416 e. The Balaban J connectivity index is 2.60. The first-order chi connectivity index (χ1) is 9.71. The Hall–Kier alpha value is -1.73. The number of nitrogens with zero attached hydrogens (tertiary/aromatic N) is 1. The first-order valence-corrected chi connectivity index (χ1v) is 6.24. The fraction of sp³-hybridized carbons (Fsp3) is 0.308. The summed E-state index contributed by atoms with van der Waals surface area (Å²) < 4.78 is 43.2. The lowest BCUT2D eigenvalue weighted by atomic mass is 9.89. The number of ether oxygens (including phenoxy) is 1. The van der Waals surface area contributed by atoms with E-state index >= 15 is 0 Å². The summed E-state index contributed by atoms with van der Waals surface area (Å²) in [5, 5.41) is 1.41. The van der Waals surface area contributed by atoms with E-state index in [-0.39, 0.29) is 10.6 Å². The molecule has 8 heteroatoms. The number of carbonyl (C=O) groups excluding carboxylic acids is 1. The molecule has 1 atom stereocenters. The number of halogens is 4. The van der Waals surface area contributed by atoms with Crippen LogP contribution in [0, 0.1) is 0 Å². The molecule has 0 saturated carbocycles. The van der Waals surface area contributed by atoms with E-state index in [1.165, 1.54) is 23.3 Å². The van der Waals surface area contributed by atoms with E-state index in [1.807, 2.05) is 0 Å². The number of hydrazine groups is 1. The largest absolute Gasteiger partial charge is 0.467 e. The molecule has 2 rings (SSSR count). The SMILES string of the molecule is COC(=O)C1(c2cccc(C(F)(F)F)c2)NN(C)C=C1Cl. The van der Waals surface area contributed by atoms with Gasteiger partial charge < -0.3 is 9.75 Å². The smallest absolute Gasteiger partial charge is 0.416 e. The topological polar surface area (TPSA) is 41.6 Å². The van der Waals surface area contributed by atoms with Gasteiger partial charge in [0, 0.05) is 13.2 Å². The summed E-state index contributed by atoms with van der Waals surface area (Å²) in [5.74, 6) is -0.799. The van der Waals surface area contributed by atoms with Gasteiger partial charge in [-0.1, -0.05) is 23.7 Å². The van der Waals surface area contributed by atoms with Gasteiger partial charge in [0.1, 0.15) is 0 Å². The zero-order chi connectivity index (χ0) is 15.8. The Kier molecular flexibility index (Phi) is 3.90. The summed E-state index contributed by atoms with van der Waals surface area (Å²) in [4.78, 5) is 12.1. The van der Waals surface area contributed by atoms with Crippen LogP contribution >= 0.6 is 11.6 Å². The van der Waals surface area contributed by atoms with Crippen molar-refractivity contribution in [2.24, 2.45) is 0 Å². The van der Waals surface area contributed by atoms with Gasteiger partial charge in [0.15, 0.2) is 5.54 Å². The van der Waals surface area contributed by atoms with Crippen molar-refractivity contribution >= 4 is 17.6 Å². The van der Waals surface area contributed by atoms with Gasteiger partial charge >= 0.3 is 12.1 Å². The van der Waals surface area contributed by atoms with Gasteiger partial charge in [-0.05, 0) is 17.7 Å². The molecule has 0 bridgehead atoms. The first-order valence-electron chi connectivity index (χ1n) is 5.86. The Morgan fingerprint density at radius 2 is 2.10 bits per heavy atom. The van der Waals surface area contributed by atoms with Gasteiger partial charge in [0.05, 0.1) is 17.7 Å². The summed E-state index contributed by atoms with van der Waals surface area (Å²) in [6.45, 7) is 0. The summed E-state index contributed by atoms with van der Waals surface area (Å²) in [7, 11) is 2.71. The molecule has 1 unspecified atom stereocenters. The summed E-state index contributed by atoms with van der Waals surface area (Å²) in [6, 6.07) is 4.39. The van der Waals surface area contributed by atoms with Crippen molar-refractivity contribution in [1.29, 1.82) is 0 Å². The maximum absolute atomic E-state index is 12.8. The van der Waals surface area contributed by atoms with Crippen LogP contribution in [-0.4, -0.2) is 25.1 Å². The molecule has 0 spiro atoms. The number of alkyl halides is 3. The molecule has 1 aromatic rings. The Bertz CT molecular complexity index is 603. The van der Waals surface area contributed by atoms with Crippen molar-refractivity contribution in [2.75, 3.05) is 14.2 Å². The average molecular weight is 321 g/mol. The zero-order valence-electron chi connectivity index (χ0n) is 11.2. The van der Waals surface area contributed by atoms with Gasteiger partial charge in [-0.15, -0.1) is 0 Å². The van der Waals surface area contributed by atoms with E-state index in [4.69, 9.17) is 16.3 Å². The number of hydrogen-bond donors (Lipinski definition) is 1. The molecule has 1 N–H and O–H groups in total. The third-order valence-corrected chi connectivity index (χ3v) is 3.50. The monoisotopic (exact) mass is 320 g/mol. The van der Waals surface area contributed by atoms with E-state index in [0.717, 1.165) is 19.2 Å². The minimum absolute atomic E-state index is 0.0242. The number of hydrogen-bond acceptors (Lipinski definition) is 4. The van der Waals surface area contributed by atoms with E-state index in [2.05, 4.69) is 5.43 Å². The number of methoxy groups -OCH3 is 1. The molecule has 21 heavy (non-hydrogen) atoms. The minimum Gasteiger partial charge on any atom is -0.467 e. The highest BCUT2D eigenvalue weighted by Crippen LogP contribution is 2.39. The first kappa shape index (κ1) is 15.7. The average Bonchev–Trinajstić information content (AvgIpc) is 2.73. The molecule has 0 radical (unpaired) electrons. The van der Waals surface area contributed by atoms with Gasteiger partial charge in [0.25, 0.3) is 0 Å². The second-order valence-corrected chi connectivity index (χ2v) is 4.93. The normalized spacial score (nSPS) is 22.2. The van der Waals surface area contributed by atoms with Crippen LogP contribution in [0.5, 0.6) is 0 Å². The molecule has 0 fully saturated rings. The maximum atomic E-state index is 12.8. The van der Waals surface area contributed by atoms with E-state index in [0.29, 0.717) is 0 Å². The van der Waals surface area contributed by atoms with Crippen molar-refractivity contribution in [1.82, 2.24) is 10.4 Å². The third kappa shape index (κ3) is 2.58. The summed E-state index contributed by atoms with van der Waals surface area (Å²) in [6.07, 6.45) is -3.12. The molecule has 4 nitrogen and oxygen atoms in total. The van der Waals surface area contributed by atoms with E-state index < -0.39 is 23.2 Å². The molecule has 1 aliphatic heterocycles. The van der Waals surface area contributed by atoms with Crippen LogP contribution in [0.25, 0.3) is 0 Å². The van der Waals surface area contributed by atoms with Gasteiger partial charge in [-0.2, -0.15) is 13.2 Å². The number of esters is 1. The lowest BCUT2D eigenvalue weighted by Crippen LogP contribution is -2.50. The number of nitrogens with one attached hydrogen (secondary N) is 1. The summed E-state index contributed by atoms with van der Waals surface area (Å²) in [5.41, 5.74) is 0.235. The lowest BCUT2D eigenvalue weighted by Gasteiger charge is -2.29. The molecule has 0 amide bonds. The molecule has 0 aromatic heterocycles. The van der Waals surface area contributed by atoms with Crippen molar-refractivity contribution in [2.45, 2.75) is 11.7 Å². The highest BCUT2D eigenvalue weighted by Gasteiger charge is 2.49. The fourth-order valence-electron chi connectivity index (χ4n) is 2.16. The predicted octanol–water partition coefficient (Wildman–Crippen LogP) is 2.60. The fourth-order valence-corrected chi connectivity index (χ4v) is 2.54. The van der Waals surface area contributed by atoms with Crippen molar-refractivity contribution in [3.63, 3.8) is 0 Å². The molecule has 1 aromatic carbocycles. The van der Waals surface area contributed by atoms with Crippen LogP contribution in [0.15, 0.2) is 35.5 Å². The highest BCUT2D eigenvalue weighted by molar-refractivity contribution is 6.33. The van der Waals surface area contributed by atoms with Crippen LogP contribution in [-0.2, 0) is 21.2 Å². The Morgan fingerprint density at radius 1 is 1.43 bits per heavy atom. The van der Waals surface area contributed by atoms with Crippen molar-refractivity contribution in [3.8, 4) is 0 Å². The minimum atomic E-state index is -4.52. The van der Waals surface area contributed by atoms with E-state index in [9.17, 15) is 18.0 Å². The Morgan fingerprint density at radius 3 is 2.57 bits per heavy atom. The predicted molar refractivity (Wildman–Crippen MR) is 70.0 cm³/mol. The number of carbonyl (C=O) groups is 1. The lowest BCUT2D eigenvalue weighted by molar-refractivity contribution is -0.148. The van der Waals surface area contributed by atoms with Crippen LogP contribution in [0.1, 0.15) is 11.1 Å². The summed E-state index contributed by atoms with van der Waals surface area (Å²) >= 11 is 6.08. The molecule has 1 aliphatic rings. The van der Waals surface area contributed by atoms with Crippen LogP contribution in [0.3, 0.4) is 0 Å².